The number of carbonyl (C=O) groups excluding carboxylic acids is 1. The molecule has 2 rings (SSSR count). The first-order valence-electron chi connectivity index (χ1n) is 8.62. The first-order valence-corrected chi connectivity index (χ1v) is 8.62. The van der Waals surface area contributed by atoms with Gasteiger partial charge in [0.25, 0.3) is 0 Å². The number of hydrogen-bond donors (Lipinski definition) is 3. The maximum atomic E-state index is 11.0. The number of amides is 1. The molecule has 0 bridgehead atoms. The molecule has 1 heterocycles. The summed E-state index contributed by atoms with van der Waals surface area (Å²) in [5.74, 6) is 0.548. The average molecular weight is 336 g/mol. The highest BCUT2D eigenvalue weighted by Crippen LogP contribution is 2.20. The molecule has 6 nitrogen and oxygen atoms in total. The molecule has 1 aliphatic rings. The number of β-amino-alcohol motifs (C(OH)–C–C–N with tert-alkyl or cyclic N) is 1. The maximum Gasteiger partial charge on any atom is 0.221 e. The Bertz CT molecular complexity index is 504. The van der Waals surface area contributed by atoms with Crippen LogP contribution >= 0.6 is 0 Å². The summed E-state index contributed by atoms with van der Waals surface area (Å²) in [6.07, 6.45) is 3.60. The van der Waals surface area contributed by atoms with E-state index in [0.717, 1.165) is 31.5 Å². The van der Waals surface area contributed by atoms with Crippen LogP contribution in [0.25, 0.3) is 0 Å². The van der Waals surface area contributed by atoms with Crippen molar-refractivity contribution in [3.8, 4) is 5.75 Å². The Kier molecular flexibility index (Phi) is 7.49. The van der Waals surface area contributed by atoms with Gasteiger partial charge in [-0.25, -0.2) is 0 Å². The minimum atomic E-state index is -0.570. The van der Waals surface area contributed by atoms with Crippen LogP contribution < -0.4 is 10.1 Å². The molecule has 1 amide bonds. The fourth-order valence-electron chi connectivity index (χ4n) is 3.13. The van der Waals surface area contributed by atoms with Gasteiger partial charge >= 0.3 is 0 Å². The van der Waals surface area contributed by atoms with Crippen LogP contribution in [0.2, 0.25) is 0 Å². The summed E-state index contributed by atoms with van der Waals surface area (Å²) in [5, 5.41) is 22.1. The molecule has 1 saturated heterocycles. The molecule has 3 N–H and O–H groups in total. The standard InChI is InChI=1S/C18H28N2O4/c1-14(22)19-15-5-7-18(8-6-15)24-13-17(23)12-20-10-3-2-4-16(20)9-11-21/h5-8,16-17,21,23H,2-4,9-13H2,1H3,(H,19,22)/t16-,17+/m1/s1. The number of nitrogens with zero attached hydrogens (tertiary/aromatic N) is 1. The molecule has 24 heavy (non-hydrogen) atoms. The fraction of sp³-hybridized carbons (Fsp3) is 0.611. The summed E-state index contributed by atoms with van der Waals surface area (Å²) in [6, 6.07) is 7.44. The monoisotopic (exact) mass is 336 g/mol. The van der Waals surface area contributed by atoms with Crippen LogP contribution in [0.4, 0.5) is 5.69 Å². The minimum absolute atomic E-state index is 0.113. The van der Waals surface area contributed by atoms with Crippen molar-refractivity contribution in [2.24, 2.45) is 0 Å². The third-order valence-corrected chi connectivity index (χ3v) is 4.27. The topological polar surface area (TPSA) is 82.0 Å². The summed E-state index contributed by atoms with van der Waals surface area (Å²) in [6.45, 7) is 3.41. The molecule has 1 fully saturated rings. The normalized spacial score (nSPS) is 19.7. The van der Waals surface area contributed by atoms with Gasteiger partial charge in [0.15, 0.2) is 0 Å². The zero-order valence-corrected chi connectivity index (χ0v) is 14.3. The number of ether oxygens (including phenoxy) is 1. The van der Waals surface area contributed by atoms with E-state index in [2.05, 4.69) is 10.2 Å². The lowest BCUT2D eigenvalue weighted by Crippen LogP contribution is -2.45. The first-order chi connectivity index (χ1) is 11.6. The number of aliphatic hydroxyl groups is 2. The van der Waals surface area contributed by atoms with E-state index in [1.54, 1.807) is 24.3 Å². The zero-order chi connectivity index (χ0) is 17.4. The lowest BCUT2D eigenvalue weighted by atomic mass is 9.99. The second-order valence-electron chi connectivity index (χ2n) is 6.33. The van der Waals surface area contributed by atoms with E-state index in [9.17, 15) is 9.90 Å². The molecule has 0 aromatic heterocycles. The van der Waals surface area contributed by atoms with Crippen molar-refractivity contribution < 1.29 is 19.7 Å². The summed E-state index contributed by atoms with van der Waals surface area (Å²) in [4.78, 5) is 13.2. The molecule has 0 unspecified atom stereocenters. The van der Waals surface area contributed by atoms with E-state index in [-0.39, 0.29) is 19.1 Å². The molecule has 2 atom stereocenters. The molecule has 1 aromatic rings. The summed E-state index contributed by atoms with van der Waals surface area (Å²) >= 11 is 0. The third kappa shape index (κ3) is 6.11. The Morgan fingerprint density at radius 3 is 2.79 bits per heavy atom. The highest BCUT2D eigenvalue weighted by Gasteiger charge is 2.24. The predicted molar refractivity (Wildman–Crippen MR) is 93.2 cm³/mol. The zero-order valence-electron chi connectivity index (χ0n) is 14.3. The van der Waals surface area contributed by atoms with Gasteiger partial charge < -0.3 is 20.3 Å². The van der Waals surface area contributed by atoms with Crippen LogP contribution in [0.1, 0.15) is 32.6 Å². The number of piperidine rings is 1. The van der Waals surface area contributed by atoms with E-state index >= 15 is 0 Å². The Balaban J connectivity index is 1.77. The van der Waals surface area contributed by atoms with Gasteiger partial charge in [0.2, 0.25) is 5.91 Å². The van der Waals surface area contributed by atoms with Crippen molar-refractivity contribution in [1.29, 1.82) is 0 Å². The van der Waals surface area contributed by atoms with Crippen LogP contribution in [0.15, 0.2) is 24.3 Å². The molecule has 0 radical (unpaired) electrons. The summed E-state index contributed by atoms with van der Waals surface area (Å²) in [7, 11) is 0. The molecule has 0 aliphatic carbocycles. The van der Waals surface area contributed by atoms with Crippen molar-refractivity contribution in [2.45, 2.75) is 44.8 Å². The molecule has 6 heteroatoms. The van der Waals surface area contributed by atoms with Gasteiger partial charge in [-0.15, -0.1) is 0 Å². The fourth-order valence-corrected chi connectivity index (χ4v) is 3.13. The molecular weight excluding hydrogens is 308 g/mol. The number of hydrogen-bond acceptors (Lipinski definition) is 5. The maximum absolute atomic E-state index is 11.0. The van der Waals surface area contributed by atoms with Gasteiger partial charge in [0.05, 0.1) is 0 Å². The van der Waals surface area contributed by atoms with Gasteiger partial charge in [0, 0.05) is 31.8 Å². The van der Waals surface area contributed by atoms with Crippen LogP contribution in [-0.4, -0.2) is 59.5 Å². The summed E-state index contributed by atoms with van der Waals surface area (Å²) < 4.78 is 5.63. The Labute approximate surface area is 143 Å². The van der Waals surface area contributed by atoms with Gasteiger partial charge in [-0.1, -0.05) is 6.42 Å². The van der Waals surface area contributed by atoms with Crippen LogP contribution in [-0.2, 0) is 4.79 Å². The Hall–Kier alpha value is -1.63. The SMILES string of the molecule is CC(=O)Nc1ccc(OC[C@@H](O)CN2CCCC[C@@H]2CCO)cc1. The van der Waals surface area contributed by atoms with Crippen molar-refractivity contribution >= 4 is 11.6 Å². The second-order valence-corrected chi connectivity index (χ2v) is 6.33. The number of carbonyl (C=O) groups is 1. The second kappa shape index (κ2) is 9.61. The number of aliphatic hydroxyl groups excluding tert-OH is 2. The van der Waals surface area contributed by atoms with Gasteiger partial charge in [-0.2, -0.15) is 0 Å². The first kappa shape index (κ1) is 18.7. The lowest BCUT2D eigenvalue weighted by molar-refractivity contribution is -0.114. The van der Waals surface area contributed by atoms with Crippen LogP contribution in [0, 0.1) is 0 Å². The molecule has 0 saturated carbocycles. The van der Waals surface area contributed by atoms with Crippen molar-refractivity contribution in [3.05, 3.63) is 24.3 Å². The lowest BCUT2D eigenvalue weighted by Gasteiger charge is -2.36. The van der Waals surface area contributed by atoms with Gasteiger partial charge in [-0.3, -0.25) is 9.69 Å². The number of rotatable bonds is 8. The van der Waals surface area contributed by atoms with Crippen molar-refractivity contribution in [3.63, 3.8) is 0 Å². The molecule has 134 valence electrons. The number of anilines is 1. The smallest absolute Gasteiger partial charge is 0.221 e. The van der Waals surface area contributed by atoms with Crippen LogP contribution in [0.3, 0.4) is 0 Å². The van der Waals surface area contributed by atoms with Crippen LogP contribution in [0.5, 0.6) is 5.75 Å². The summed E-state index contributed by atoms with van der Waals surface area (Å²) in [5.41, 5.74) is 0.718. The third-order valence-electron chi connectivity index (χ3n) is 4.27. The van der Waals surface area contributed by atoms with E-state index < -0.39 is 6.10 Å². The highest BCUT2D eigenvalue weighted by atomic mass is 16.5. The number of likely N-dealkylation sites (tertiary alicyclic amines) is 1. The Morgan fingerprint density at radius 2 is 2.12 bits per heavy atom. The average Bonchev–Trinajstić information content (AvgIpc) is 2.56. The Morgan fingerprint density at radius 1 is 1.38 bits per heavy atom. The van der Waals surface area contributed by atoms with E-state index in [1.807, 2.05) is 0 Å². The van der Waals surface area contributed by atoms with E-state index in [4.69, 9.17) is 9.84 Å². The van der Waals surface area contributed by atoms with Gasteiger partial charge in [0.1, 0.15) is 18.5 Å². The van der Waals surface area contributed by atoms with Gasteiger partial charge in [-0.05, 0) is 50.1 Å². The number of benzene rings is 1. The van der Waals surface area contributed by atoms with E-state index in [0.29, 0.717) is 18.3 Å². The number of nitrogens with one attached hydrogen (secondary N) is 1. The van der Waals surface area contributed by atoms with E-state index in [1.165, 1.54) is 13.3 Å². The van der Waals surface area contributed by atoms with Crippen molar-refractivity contribution in [1.82, 2.24) is 4.90 Å². The predicted octanol–water partition coefficient (Wildman–Crippen LogP) is 1.62. The van der Waals surface area contributed by atoms with Crippen molar-refractivity contribution in [2.75, 3.05) is 31.6 Å². The minimum Gasteiger partial charge on any atom is -0.491 e. The molecular formula is C18H28N2O4. The molecule has 1 aromatic carbocycles. The highest BCUT2D eigenvalue weighted by molar-refractivity contribution is 5.88. The largest absolute Gasteiger partial charge is 0.491 e. The molecule has 0 spiro atoms. The molecule has 1 aliphatic heterocycles. The quantitative estimate of drug-likeness (QED) is 0.672.